The van der Waals surface area contributed by atoms with Crippen molar-refractivity contribution >= 4 is 39.1 Å². The maximum atomic E-state index is 13.4. The molecule has 2 aromatic carbocycles. The van der Waals surface area contributed by atoms with Gasteiger partial charge in [0.25, 0.3) is 5.91 Å². The van der Waals surface area contributed by atoms with Crippen molar-refractivity contribution in [2.75, 3.05) is 19.6 Å². The quantitative estimate of drug-likeness (QED) is 0.469. The zero-order chi connectivity index (χ0) is 24.8. The lowest BCUT2D eigenvalue weighted by atomic mass is 9.96. The molecule has 0 radical (unpaired) electrons. The van der Waals surface area contributed by atoms with E-state index in [4.69, 9.17) is 4.99 Å². The van der Waals surface area contributed by atoms with Crippen LogP contribution in [0, 0.1) is 32.6 Å². The van der Waals surface area contributed by atoms with Crippen LogP contribution in [0.25, 0.3) is 21.2 Å². The summed E-state index contributed by atoms with van der Waals surface area (Å²) in [4.78, 5) is 36.0. The van der Waals surface area contributed by atoms with Crippen molar-refractivity contribution in [1.82, 2.24) is 9.80 Å². The van der Waals surface area contributed by atoms with Gasteiger partial charge < -0.3 is 4.90 Å². The number of fused-ring (bicyclic) bond motifs is 1. The summed E-state index contributed by atoms with van der Waals surface area (Å²) in [6.07, 6.45) is 3.78. The first kappa shape index (κ1) is 22.2. The molecule has 3 heterocycles. The van der Waals surface area contributed by atoms with E-state index in [1.54, 1.807) is 0 Å². The third-order valence-corrected chi connectivity index (χ3v) is 9.74. The molecular formula is C30H31N3O2S. The number of aliphatic imine (C=N–C) groups is 1. The lowest BCUT2D eigenvalue weighted by Gasteiger charge is -2.41. The highest BCUT2D eigenvalue weighted by Gasteiger charge is 2.58. The Kier molecular flexibility index (Phi) is 4.79. The summed E-state index contributed by atoms with van der Waals surface area (Å²) >= 11 is 1.85. The van der Waals surface area contributed by atoms with E-state index in [9.17, 15) is 9.59 Å². The number of thiophene rings is 1. The molecule has 1 spiro atoms. The lowest BCUT2D eigenvalue weighted by Crippen LogP contribution is -2.55. The minimum Gasteiger partial charge on any atom is -0.342 e. The second-order valence-electron chi connectivity index (χ2n) is 11.3. The van der Waals surface area contributed by atoms with Crippen molar-refractivity contribution in [3.63, 3.8) is 0 Å². The Morgan fingerprint density at radius 2 is 1.78 bits per heavy atom. The van der Waals surface area contributed by atoms with Gasteiger partial charge in [-0.2, -0.15) is 0 Å². The van der Waals surface area contributed by atoms with E-state index in [-0.39, 0.29) is 11.8 Å². The van der Waals surface area contributed by atoms with E-state index in [1.165, 1.54) is 31.7 Å². The highest BCUT2D eigenvalue weighted by atomic mass is 32.1. The molecule has 5 nitrogen and oxygen atoms in total. The van der Waals surface area contributed by atoms with Gasteiger partial charge in [-0.25, -0.2) is 0 Å². The third kappa shape index (κ3) is 3.45. The first-order chi connectivity index (χ1) is 17.3. The molecular weight excluding hydrogens is 466 g/mol. The van der Waals surface area contributed by atoms with E-state index < -0.39 is 5.54 Å². The maximum absolute atomic E-state index is 13.4. The zero-order valence-electron chi connectivity index (χ0n) is 21.1. The molecule has 2 aliphatic carbocycles. The summed E-state index contributed by atoms with van der Waals surface area (Å²) in [7, 11) is 0. The molecule has 1 aromatic heterocycles. The van der Waals surface area contributed by atoms with E-state index in [2.05, 4.69) is 57.2 Å². The topological polar surface area (TPSA) is 53.0 Å². The van der Waals surface area contributed by atoms with Crippen LogP contribution in [0.4, 0.5) is 0 Å². The summed E-state index contributed by atoms with van der Waals surface area (Å²) in [6.45, 7) is 8.70. The number of carbonyl (C=O) groups is 2. The molecule has 2 amide bonds. The van der Waals surface area contributed by atoms with Gasteiger partial charge in [0.05, 0.1) is 0 Å². The molecule has 7 rings (SSSR count). The molecule has 3 aromatic rings. The van der Waals surface area contributed by atoms with E-state index >= 15 is 0 Å². The average Bonchev–Trinajstić information content (AvgIpc) is 3.76. The maximum Gasteiger partial charge on any atom is 0.256 e. The largest absolute Gasteiger partial charge is 0.342 e. The third-order valence-electron chi connectivity index (χ3n) is 8.55. The molecule has 184 valence electrons. The van der Waals surface area contributed by atoms with Gasteiger partial charge in [-0.1, -0.05) is 24.3 Å². The number of nitrogens with zero attached hydrogens (tertiary/aromatic N) is 3. The standard InChI is InChI=1S/C30H31N3O2S/c1-17-12-22(23-7-9-26-25(13-23)18(2)19(3)36-26)6-8-24(17)27-31-30(10-11-30)29(35)33(27)16-20-14-32(15-20)28(34)21-4-5-21/h6-9,12-13,20-21H,4-5,10-11,14-16H2,1-3H3. The second kappa shape index (κ2) is 7.75. The van der Waals surface area contributed by atoms with Gasteiger partial charge in [0, 0.05) is 46.6 Å². The molecule has 2 aliphatic heterocycles. The molecule has 6 heteroatoms. The number of aryl methyl sites for hydroxylation is 3. The fourth-order valence-electron chi connectivity index (χ4n) is 5.81. The summed E-state index contributed by atoms with van der Waals surface area (Å²) in [6, 6.07) is 13.3. The number of carbonyl (C=O) groups excluding carboxylic acids is 2. The molecule has 36 heavy (non-hydrogen) atoms. The monoisotopic (exact) mass is 497 g/mol. The first-order valence-electron chi connectivity index (χ1n) is 13.1. The van der Waals surface area contributed by atoms with Gasteiger partial charge >= 0.3 is 0 Å². The minimum absolute atomic E-state index is 0.154. The molecule has 0 bridgehead atoms. The highest BCUT2D eigenvalue weighted by molar-refractivity contribution is 7.19. The van der Waals surface area contributed by atoms with Crippen molar-refractivity contribution in [3.05, 3.63) is 58.0 Å². The van der Waals surface area contributed by atoms with Gasteiger partial charge in [0.2, 0.25) is 5.91 Å². The van der Waals surface area contributed by atoms with Crippen LogP contribution in [0.15, 0.2) is 41.4 Å². The SMILES string of the molecule is Cc1cc(-c2ccc3sc(C)c(C)c3c2)ccc1C1=NC2(CC2)C(=O)N1CC1CN(C(=O)C2CC2)C1. The number of likely N-dealkylation sites (tertiary alicyclic amines) is 1. The average molecular weight is 498 g/mol. The van der Waals surface area contributed by atoms with Crippen molar-refractivity contribution in [1.29, 1.82) is 0 Å². The van der Waals surface area contributed by atoms with Gasteiger partial charge in [0.15, 0.2) is 0 Å². The highest BCUT2D eigenvalue weighted by Crippen LogP contribution is 2.47. The number of amidine groups is 1. The predicted octanol–water partition coefficient (Wildman–Crippen LogP) is 5.48. The summed E-state index contributed by atoms with van der Waals surface area (Å²) < 4.78 is 1.33. The smallest absolute Gasteiger partial charge is 0.256 e. The van der Waals surface area contributed by atoms with Crippen LogP contribution in [-0.4, -0.2) is 52.6 Å². The van der Waals surface area contributed by atoms with Crippen LogP contribution in [-0.2, 0) is 9.59 Å². The molecule has 3 fully saturated rings. The van der Waals surface area contributed by atoms with Gasteiger partial charge in [-0.3, -0.25) is 19.5 Å². The second-order valence-corrected chi connectivity index (χ2v) is 12.5. The van der Waals surface area contributed by atoms with Crippen molar-refractivity contribution in [3.8, 4) is 11.1 Å². The predicted molar refractivity (Wildman–Crippen MR) is 144 cm³/mol. The van der Waals surface area contributed by atoms with Crippen molar-refractivity contribution < 1.29 is 9.59 Å². The van der Waals surface area contributed by atoms with Gasteiger partial charge in [-0.05, 0) is 86.2 Å². The Balaban J connectivity index is 1.15. The van der Waals surface area contributed by atoms with Gasteiger partial charge in [0.1, 0.15) is 11.4 Å². The summed E-state index contributed by atoms with van der Waals surface area (Å²) in [5, 5.41) is 1.33. The molecule has 2 saturated carbocycles. The van der Waals surface area contributed by atoms with Crippen LogP contribution >= 0.6 is 11.3 Å². The van der Waals surface area contributed by atoms with E-state index in [0.29, 0.717) is 18.4 Å². The molecule has 0 atom stereocenters. The Morgan fingerprint density at radius 3 is 2.47 bits per heavy atom. The first-order valence-corrected chi connectivity index (χ1v) is 14.0. The Bertz CT molecular complexity index is 1470. The zero-order valence-corrected chi connectivity index (χ0v) is 22.0. The molecule has 0 unspecified atom stereocenters. The van der Waals surface area contributed by atoms with Crippen molar-refractivity contribution in [2.45, 2.75) is 52.0 Å². The number of hydrogen-bond donors (Lipinski definition) is 0. The summed E-state index contributed by atoms with van der Waals surface area (Å²) in [5.74, 6) is 1.89. The number of rotatable bonds is 5. The van der Waals surface area contributed by atoms with E-state index in [1.807, 2.05) is 21.1 Å². The number of hydrogen-bond acceptors (Lipinski definition) is 4. The minimum atomic E-state index is -0.521. The van der Waals surface area contributed by atoms with E-state index in [0.717, 1.165) is 55.7 Å². The normalized spacial score (nSPS) is 20.9. The van der Waals surface area contributed by atoms with Crippen LogP contribution in [0.5, 0.6) is 0 Å². The number of amides is 2. The van der Waals surface area contributed by atoms with Crippen molar-refractivity contribution in [2.24, 2.45) is 16.8 Å². The Morgan fingerprint density at radius 1 is 1.06 bits per heavy atom. The fourth-order valence-corrected chi connectivity index (χ4v) is 6.86. The Hall–Kier alpha value is -2.99. The lowest BCUT2D eigenvalue weighted by molar-refractivity contribution is -0.139. The summed E-state index contributed by atoms with van der Waals surface area (Å²) in [5.41, 5.74) is 5.43. The van der Waals surface area contributed by atoms with Crippen LogP contribution in [0.2, 0.25) is 0 Å². The fraction of sp³-hybridized carbons (Fsp3) is 0.433. The van der Waals surface area contributed by atoms with Crippen LogP contribution < -0.4 is 0 Å². The Labute approximate surface area is 215 Å². The molecule has 4 aliphatic rings. The van der Waals surface area contributed by atoms with Gasteiger partial charge in [-0.15, -0.1) is 11.3 Å². The molecule has 0 N–H and O–H groups in total. The molecule has 1 saturated heterocycles. The number of benzene rings is 2. The van der Waals surface area contributed by atoms with Crippen LogP contribution in [0.1, 0.15) is 47.3 Å². The van der Waals surface area contributed by atoms with Crippen LogP contribution in [0.3, 0.4) is 0 Å².